The Morgan fingerprint density at radius 1 is 1.38 bits per heavy atom. The molecule has 0 spiro atoms. The van der Waals surface area contributed by atoms with Crippen LogP contribution in [0, 0.1) is 5.92 Å². The largest absolute Gasteiger partial charge is 0.390 e. The topological polar surface area (TPSA) is 79.5 Å². The zero-order valence-electron chi connectivity index (χ0n) is 16.4. The summed E-state index contributed by atoms with van der Waals surface area (Å²) in [6, 6.07) is 7.44. The average molecular weight is 388 g/mol. The first kappa shape index (κ1) is 18.1. The number of aliphatic hydroxyl groups is 1. The Morgan fingerprint density at radius 3 is 3.00 bits per heavy atom. The minimum absolute atomic E-state index is 0.239. The van der Waals surface area contributed by atoms with Gasteiger partial charge in [-0.3, -0.25) is 4.79 Å². The van der Waals surface area contributed by atoms with Crippen molar-refractivity contribution in [3.63, 3.8) is 0 Å². The van der Waals surface area contributed by atoms with E-state index in [1.165, 1.54) is 0 Å². The van der Waals surface area contributed by atoms with Crippen molar-refractivity contribution in [2.45, 2.75) is 44.2 Å². The fourth-order valence-corrected chi connectivity index (χ4v) is 4.78. The summed E-state index contributed by atoms with van der Waals surface area (Å²) in [4.78, 5) is 17.6. The molecule has 0 aliphatic heterocycles. The number of aromatic nitrogens is 2. The summed E-state index contributed by atoms with van der Waals surface area (Å²) < 4.78 is 1.79. The molecule has 1 amide bonds. The lowest BCUT2D eigenvalue weighted by atomic mass is 10.1. The second-order valence-corrected chi connectivity index (χ2v) is 8.03. The molecular weight excluding hydrogens is 364 g/mol. The zero-order chi connectivity index (χ0) is 20.1. The van der Waals surface area contributed by atoms with Crippen molar-refractivity contribution in [3.05, 3.63) is 77.3 Å². The Labute approximate surface area is 169 Å². The van der Waals surface area contributed by atoms with Gasteiger partial charge in [0.05, 0.1) is 17.8 Å². The Morgan fingerprint density at radius 2 is 2.21 bits per heavy atom. The highest BCUT2D eigenvalue weighted by atomic mass is 16.3. The number of aliphatic imine (C=N–C) groups is 1. The van der Waals surface area contributed by atoms with Crippen molar-refractivity contribution in [2.75, 3.05) is 0 Å². The van der Waals surface area contributed by atoms with E-state index in [1.54, 1.807) is 17.0 Å². The van der Waals surface area contributed by atoms with Crippen LogP contribution in [0.1, 0.15) is 58.2 Å². The second-order valence-electron chi connectivity index (χ2n) is 8.03. The van der Waals surface area contributed by atoms with Gasteiger partial charge in [0.25, 0.3) is 5.91 Å². The van der Waals surface area contributed by atoms with Crippen molar-refractivity contribution in [1.29, 1.82) is 0 Å². The molecule has 3 aliphatic carbocycles. The van der Waals surface area contributed by atoms with Gasteiger partial charge in [-0.15, -0.1) is 0 Å². The molecule has 3 aliphatic rings. The van der Waals surface area contributed by atoms with Crippen LogP contribution in [-0.4, -0.2) is 32.7 Å². The van der Waals surface area contributed by atoms with Crippen LogP contribution in [0.25, 0.3) is 0 Å². The number of nitrogens with one attached hydrogen (secondary N) is 1. The van der Waals surface area contributed by atoms with E-state index in [0.29, 0.717) is 29.8 Å². The molecule has 1 fully saturated rings. The third-order valence-corrected chi connectivity index (χ3v) is 6.22. The number of amides is 1. The first-order valence-corrected chi connectivity index (χ1v) is 10.1. The van der Waals surface area contributed by atoms with E-state index in [-0.39, 0.29) is 5.91 Å². The Kier molecular flexibility index (Phi) is 4.24. The Bertz CT molecular complexity index is 1060. The van der Waals surface area contributed by atoms with Crippen LogP contribution >= 0.6 is 0 Å². The van der Waals surface area contributed by atoms with Gasteiger partial charge in [0.1, 0.15) is 0 Å². The molecule has 5 rings (SSSR count). The minimum Gasteiger partial charge on any atom is -0.390 e. The number of rotatable bonds is 4. The van der Waals surface area contributed by atoms with Gasteiger partial charge in [-0.2, -0.15) is 5.10 Å². The molecule has 0 radical (unpaired) electrons. The maximum Gasteiger partial charge on any atom is 0.272 e. The average Bonchev–Trinajstić information content (AvgIpc) is 3.07. The van der Waals surface area contributed by atoms with E-state index in [4.69, 9.17) is 0 Å². The van der Waals surface area contributed by atoms with E-state index in [0.717, 1.165) is 35.2 Å². The number of carbonyl (C=O) groups excluding carboxylic acids is 1. The second kappa shape index (κ2) is 6.81. The molecule has 6 nitrogen and oxygen atoms in total. The van der Waals surface area contributed by atoms with E-state index in [2.05, 4.69) is 22.0 Å². The maximum atomic E-state index is 13.2. The molecule has 148 valence electrons. The third-order valence-electron chi connectivity index (χ3n) is 6.22. The number of nitrogens with zero attached hydrogens (tertiary/aromatic N) is 3. The zero-order valence-corrected chi connectivity index (χ0v) is 16.4. The van der Waals surface area contributed by atoms with Gasteiger partial charge in [-0.1, -0.05) is 36.9 Å². The van der Waals surface area contributed by atoms with Gasteiger partial charge in [0.15, 0.2) is 11.5 Å². The molecule has 6 heteroatoms. The van der Waals surface area contributed by atoms with Crippen LogP contribution in [0.4, 0.5) is 0 Å². The van der Waals surface area contributed by atoms with Gasteiger partial charge in [-0.05, 0) is 42.9 Å². The number of benzene rings is 1. The standard InChI is InChI=1S/C23H24N4O2/c1-3-9-24-19(4-2)27-22-16-10-14(16)11-17(22)21(26-27)23(29)25-20-15-8-6-5-7-13(15)12-18(20)28/h3-9,14,16,18,20,28H,2,10-12H2,1H3,(H,25,29)/b9-3-,24-19+/t14-,16-,18+,20-/m0/s1. The van der Waals surface area contributed by atoms with Crippen molar-refractivity contribution in [3.8, 4) is 0 Å². The minimum atomic E-state index is -0.625. The van der Waals surface area contributed by atoms with E-state index >= 15 is 0 Å². The summed E-state index contributed by atoms with van der Waals surface area (Å²) in [5, 5.41) is 18.2. The van der Waals surface area contributed by atoms with Crippen LogP contribution in [-0.2, 0) is 12.8 Å². The van der Waals surface area contributed by atoms with E-state index < -0.39 is 12.1 Å². The molecule has 1 saturated carbocycles. The Hall–Kier alpha value is -2.99. The molecular formula is C23H24N4O2. The van der Waals surface area contributed by atoms with Crippen LogP contribution in [0.5, 0.6) is 0 Å². The summed E-state index contributed by atoms with van der Waals surface area (Å²) in [5.41, 5.74) is 4.61. The smallest absolute Gasteiger partial charge is 0.272 e. The number of fused-ring (bicyclic) bond motifs is 4. The van der Waals surface area contributed by atoms with Crippen molar-refractivity contribution in [1.82, 2.24) is 15.1 Å². The van der Waals surface area contributed by atoms with Crippen LogP contribution in [0.15, 0.2) is 54.2 Å². The first-order valence-electron chi connectivity index (χ1n) is 10.1. The Balaban J connectivity index is 1.49. The fourth-order valence-electron chi connectivity index (χ4n) is 4.78. The van der Waals surface area contributed by atoms with Crippen LogP contribution in [0.3, 0.4) is 0 Å². The number of hydrogen-bond acceptors (Lipinski definition) is 4. The van der Waals surface area contributed by atoms with Crippen molar-refractivity contribution >= 4 is 11.7 Å². The molecule has 1 heterocycles. The molecule has 2 aromatic rings. The lowest BCUT2D eigenvalue weighted by Gasteiger charge is -2.17. The van der Waals surface area contributed by atoms with E-state index in [9.17, 15) is 9.90 Å². The summed E-state index contributed by atoms with van der Waals surface area (Å²) in [6.07, 6.45) is 7.16. The summed E-state index contributed by atoms with van der Waals surface area (Å²) in [6.45, 7) is 5.77. The van der Waals surface area contributed by atoms with Gasteiger partial charge in [0, 0.05) is 24.1 Å². The highest BCUT2D eigenvalue weighted by molar-refractivity contribution is 5.99. The van der Waals surface area contributed by atoms with Crippen molar-refractivity contribution < 1.29 is 9.90 Å². The third kappa shape index (κ3) is 2.86. The van der Waals surface area contributed by atoms with E-state index in [1.807, 2.05) is 37.3 Å². The van der Waals surface area contributed by atoms with Gasteiger partial charge in [-0.25, -0.2) is 9.67 Å². The fraction of sp³-hybridized carbons (Fsp3) is 0.348. The molecule has 4 atom stereocenters. The predicted molar refractivity (Wildman–Crippen MR) is 111 cm³/mol. The first-order chi connectivity index (χ1) is 14.1. The molecule has 1 aromatic carbocycles. The molecule has 0 bridgehead atoms. The molecule has 0 unspecified atom stereocenters. The van der Waals surface area contributed by atoms with Gasteiger partial charge >= 0.3 is 0 Å². The number of carbonyl (C=O) groups is 1. The lowest BCUT2D eigenvalue weighted by Crippen LogP contribution is -2.34. The number of hydrogen-bond donors (Lipinski definition) is 2. The number of allylic oxidation sites excluding steroid dienone is 2. The van der Waals surface area contributed by atoms with Gasteiger partial charge < -0.3 is 10.4 Å². The molecule has 29 heavy (non-hydrogen) atoms. The normalized spacial score (nSPS) is 26.9. The van der Waals surface area contributed by atoms with Crippen molar-refractivity contribution in [2.24, 2.45) is 10.9 Å². The molecule has 1 aromatic heterocycles. The highest BCUT2D eigenvalue weighted by Gasteiger charge is 2.50. The maximum absolute atomic E-state index is 13.2. The summed E-state index contributed by atoms with van der Waals surface area (Å²) in [7, 11) is 0. The van der Waals surface area contributed by atoms with Crippen LogP contribution < -0.4 is 5.32 Å². The monoisotopic (exact) mass is 388 g/mol. The summed E-state index contributed by atoms with van der Waals surface area (Å²) >= 11 is 0. The summed E-state index contributed by atoms with van der Waals surface area (Å²) in [5.74, 6) is 1.44. The number of aliphatic hydroxyl groups excluding tert-OH is 1. The quantitative estimate of drug-likeness (QED) is 0.624. The van der Waals surface area contributed by atoms with Crippen LogP contribution in [0.2, 0.25) is 0 Å². The molecule has 2 N–H and O–H groups in total. The lowest BCUT2D eigenvalue weighted by molar-refractivity contribution is 0.0852. The molecule has 0 saturated heterocycles. The SMILES string of the molecule is C=C/C(=N\C=C/C)n1nc(C(=O)N[C@H]2c3ccccc3C[C@H]2O)c2c1[C@H]1C[C@H]1C2. The van der Waals surface area contributed by atoms with Gasteiger partial charge in [0.2, 0.25) is 0 Å². The highest BCUT2D eigenvalue weighted by Crippen LogP contribution is 2.57. The predicted octanol–water partition coefficient (Wildman–Crippen LogP) is 2.90.